The third kappa shape index (κ3) is 32.0. The Kier molecular flexibility index (Phi) is 41.2. The van der Waals surface area contributed by atoms with E-state index in [9.17, 15) is 73.1 Å². The van der Waals surface area contributed by atoms with E-state index in [1.165, 1.54) is 83.7 Å². The van der Waals surface area contributed by atoms with Gasteiger partial charge < -0.3 is 58.0 Å². The number of halogens is 12. The Morgan fingerprint density at radius 2 is 0.541 bits per heavy atom. The first-order chi connectivity index (χ1) is 68.1. The first-order valence-electron chi connectivity index (χ1n) is 41.5. The average Bonchev–Trinajstić information content (AvgIpc) is 1.35. The summed E-state index contributed by atoms with van der Waals surface area (Å²) in [6.45, 7) is 9.42. The van der Waals surface area contributed by atoms with Crippen LogP contribution < -0.4 is 0 Å². The van der Waals surface area contributed by atoms with E-state index in [2.05, 4.69) is 135 Å². The van der Waals surface area contributed by atoms with Crippen LogP contribution in [0.5, 0.6) is 23.0 Å². The summed E-state index contributed by atoms with van der Waals surface area (Å²) in [7, 11) is 0. The molecule has 0 bridgehead atoms. The third-order valence-corrected chi connectivity index (χ3v) is 18.8. The first kappa shape index (κ1) is 114. The number of aromatic nitrogens is 22. The van der Waals surface area contributed by atoms with E-state index in [-0.39, 0.29) is 149 Å². The van der Waals surface area contributed by atoms with Crippen molar-refractivity contribution in [2.45, 2.75) is 66.2 Å². The number of nitrogens with zero attached hydrogens (tertiary/aromatic N) is 22. The summed E-state index contributed by atoms with van der Waals surface area (Å²) in [4.78, 5) is 52.3. The third-order valence-electron chi connectivity index (χ3n) is 18.8. The number of alkyl halides is 12. The second-order valence-corrected chi connectivity index (χ2v) is 29.2. The van der Waals surface area contributed by atoms with E-state index < -0.39 is 47.5 Å². The standard InChI is InChI=1S/4C14H10N2O2.2C12H9F3N3.2C10H6F3N4.4Ir/c4*17-12-9-5-4-8-11(12)14-16-15-13(18-14)10-6-2-1-3-7-10;1-7-3-9(4-11(18-7)12(13,14)15)10-6-16-8(2)5-17-10;1-7-5-17-10(6-16-7)9-3-4-11(12(13,14)15)18-8(9)2;1-6-2-7(9-15-4-14-5-16-9)3-8(17-6)10(11,12)13;1-6-7(9-15-4-14-5-16-9)2-3-8(17-6)10(11,12)13;;;;/h4*1-9,17H;3,5-6H,1-2H3;4-6H,1-2H3;2,4-5H,1H3;3-5H,1H3;;;;/q;;;;4*-1;;;;. The second-order valence-electron chi connectivity index (χ2n) is 29.2. The van der Waals surface area contributed by atoms with Crippen molar-refractivity contribution >= 4 is 0 Å². The van der Waals surface area contributed by atoms with E-state index >= 15 is 0 Å². The predicted octanol–water partition coefficient (Wildman–Crippen LogP) is 22.5. The fourth-order valence-electron chi connectivity index (χ4n) is 12.1. The van der Waals surface area contributed by atoms with E-state index in [0.29, 0.717) is 97.6 Å². The van der Waals surface area contributed by atoms with E-state index in [4.69, 9.17) is 17.7 Å². The van der Waals surface area contributed by atoms with Gasteiger partial charge in [0.25, 0.3) is 23.6 Å². The maximum atomic E-state index is 12.6. The average molecular weight is 2700 g/mol. The number of hydrogen-bond donors (Lipinski definition) is 4. The molecule has 20 rings (SSSR count). The summed E-state index contributed by atoms with van der Waals surface area (Å²) in [6.07, 6.45) is -7.11. The van der Waals surface area contributed by atoms with Crippen molar-refractivity contribution in [3.05, 3.63) is 374 Å². The molecule has 0 aliphatic carbocycles. The normalized spacial score (nSPS) is 10.7. The van der Waals surface area contributed by atoms with Crippen LogP contribution in [0.15, 0.2) is 310 Å². The van der Waals surface area contributed by atoms with Gasteiger partial charge >= 0.3 is 24.7 Å². The first-order valence-corrected chi connectivity index (χ1v) is 41.5. The number of pyridine rings is 4. The number of benzene rings is 8. The molecule has 4 radical (unpaired) electrons. The maximum absolute atomic E-state index is 12.6. The van der Waals surface area contributed by atoms with Crippen LogP contribution in [0.4, 0.5) is 52.7 Å². The molecule has 12 aromatic heterocycles. The van der Waals surface area contributed by atoms with Gasteiger partial charge in [-0.05, 0) is 159 Å². The molecule has 146 heavy (non-hydrogen) atoms. The van der Waals surface area contributed by atoms with Gasteiger partial charge in [0.05, 0.1) is 62.2 Å². The van der Waals surface area contributed by atoms with Crippen LogP contribution in [0, 0.1) is 65.8 Å². The minimum atomic E-state index is -4.53. The molecule has 0 saturated heterocycles. The number of phenols is 4. The smallest absolute Gasteiger partial charge is 0.421 e. The molecule has 4 N–H and O–H groups in total. The summed E-state index contributed by atoms with van der Waals surface area (Å²) in [5, 5.41) is 70.6. The number of para-hydroxylation sites is 4. The molecule has 8 aromatic carbocycles. The quantitative estimate of drug-likeness (QED) is 0.0652. The van der Waals surface area contributed by atoms with Gasteiger partial charge in [-0.3, -0.25) is 39.9 Å². The molecule has 0 amide bonds. The Morgan fingerprint density at radius 3 is 0.829 bits per heavy atom. The molecule has 0 saturated carbocycles. The molecule has 0 unspecified atom stereocenters. The van der Waals surface area contributed by atoms with Crippen molar-refractivity contribution in [3.8, 4) is 160 Å². The fourth-order valence-corrected chi connectivity index (χ4v) is 12.1. The SMILES string of the molecule is Cc1cc(-c2ncncn2)[c-]c(C(F)(F)F)n1.Cc1cnc(-c2[c-]c(C(F)(F)F)nc(C)c2)cn1.Cc1cnc(-c2[c-]cc(C(F)(F)F)nc2C)cn1.Cc1nc(C(F)(F)F)c[c-]c1-c1ncncn1.Oc1ccccc1-c1nnc(-c2ccccc2)o1.Oc1ccccc1-c1nnc(-c2ccccc2)o1.Oc1ccccc1-c1nnc(-c2ccccc2)o1.Oc1ccccc1-c1nnc(-c2ccccc2)o1.[Ir].[Ir].[Ir].[Ir]. The Bertz CT molecular complexity index is 7050. The number of phenolic OH excluding ortho intramolecular Hbond substituents is 4. The van der Waals surface area contributed by atoms with E-state index in [1.807, 2.05) is 121 Å². The summed E-state index contributed by atoms with van der Waals surface area (Å²) in [5.74, 6) is 3.89. The minimum absolute atomic E-state index is 0. The van der Waals surface area contributed by atoms with Crippen LogP contribution in [-0.4, -0.2) is 131 Å². The molecule has 0 atom stereocenters. The van der Waals surface area contributed by atoms with Crippen molar-refractivity contribution in [2.75, 3.05) is 0 Å². The Hall–Kier alpha value is -15.9. The molecule has 12 heterocycles. The Morgan fingerprint density at radius 1 is 0.267 bits per heavy atom. The van der Waals surface area contributed by atoms with Crippen molar-refractivity contribution in [1.29, 1.82) is 0 Å². The van der Waals surface area contributed by atoms with E-state index in [0.717, 1.165) is 40.1 Å². The largest absolute Gasteiger partial charge is 0.507 e. The second kappa shape index (κ2) is 52.9. The van der Waals surface area contributed by atoms with Gasteiger partial charge in [0.15, 0.2) is 0 Å². The van der Waals surface area contributed by atoms with Crippen LogP contribution in [0.1, 0.15) is 56.9 Å². The monoisotopic (exact) mass is 2710 g/mol. The van der Waals surface area contributed by atoms with Gasteiger partial charge in [-0.15, -0.1) is 100 Å². The molecule has 30 nitrogen and oxygen atoms in total. The predicted molar refractivity (Wildman–Crippen MR) is 488 cm³/mol. The number of aromatic hydroxyl groups is 4. The summed E-state index contributed by atoms with van der Waals surface area (Å²) >= 11 is 0. The van der Waals surface area contributed by atoms with Crippen LogP contribution in [0.2, 0.25) is 0 Å². The van der Waals surface area contributed by atoms with Crippen LogP contribution in [0.25, 0.3) is 137 Å². The topological polar surface area (TPSA) is 417 Å². The molecule has 0 spiro atoms. The Labute approximate surface area is 875 Å². The van der Waals surface area contributed by atoms with Gasteiger partial charge in [-0.1, -0.05) is 141 Å². The molecular formula is C100H70F12Ir4N22O8-4. The molecule has 20 aromatic rings. The molecular weight excluding hydrogens is 2630 g/mol. The number of hydrogen-bond acceptors (Lipinski definition) is 30. The van der Waals surface area contributed by atoms with Gasteiger partial charge in [0, 0.05) is 133 Å². The zero-order valence-electron chi connectivity index (χ0n) is 75.8. The van der Waals surface area contributed by atoms with Crippen molar-refractivity contribution in [1.82, 2.24) is 111 Å². The van der Waals surface area contributed by atoms with Gasteiger partial charge in [0.2, 0.25) is 23.6 Å². The van der Waals surface area contributed by atoms with Crippen molar-refractivity contribution in [2.24, 2.45) is 0 Å². The summed E-state index contributed by atoms with van der Waals surface area (Å²) in [6, 6.07) is 79.5. The van der Waals surface area contributed by atoms with Gasteiger partial charge in [0.1, 0.15) is 48.3 Å². The molecule has 0 aliphatic heterocycles. The molecule has 752 valence electrons. The van der Waals surface area contributed by atoms with Crippen LogP contribution in [0.3, 0.4) is 0 Å². The van der Waals surface area contributed by atoms with Gasteiger partial charge in [-0.25, -0.2) is 9.97 Å². The maximum Gasteiger partial charge on any atom is 0.421 e. The number of rotatable bonds is 12. The summed E-state index contributed by atoms with van der Waals surface area (Å²) < 4.78 is 172. The zero-order chi connectivity index (χ0) is 101. The molecule has 46 heteroatoms. The minimum Gasteiger partial charge on any atom is -0.507 e. The van der Waals surface area contributed by atoms with Crippen molar-refractivity contribution < 1.29 is 171 Å². The Balaban J connectivity index is 0.000000185. The zero-order valence-corrected chi connectivity index (χ0v) is 85.4. The van der Waals surface area contributed by atoms with Crippen molar-refractivity contribution in [3.63, 3.8) is 0 Å². The van der Waals surface area contributed by atoms with Gasteiger partial charge in [-0.2, -0.15) is 58.2 Å². The van der Waals surface area contributed by atoms with Crippen LogP contribution >= 0.6 is 0 Å². The molecule has 0 fully saturated rings. The fraction of sp³-hybridized carbons (Fsp3) is 0.100. The molecule has 0 aliphatic rings. The summed E-state index contributed by atoms with van der Waals surface area (Å²) in [5.41, 5.74) is 5.76. The number of aryl methyl sites for hydroxylation is 6. The van der Waals surface area contributed by atoms with E-state index in [1.54, 1.807) is 117 Å². The van der Waals surface area contributed by atoms with Crippen LogP contribution in [-0.2, 0) is 105 Å².